The van der Waals surface area contributed by atoms with Gasteiger partial charge >= 0.3 is 6.09 Å². The van der Waals surface area contributed by atoms with E-state index in [-0.39, 0.29) is 18.2 Å². The quantitative estimate of drug-likeness (QED) is 0.671. The number of nitrogens with zero attached hydrogens (tertiary/aromatic N) is 1. The summed E-state index contributed by atoms with van der Waals surface area (Å²) in [5, 5.41) is 0. The Hall–Kier alpha value is -0.770. The number of carbonyl (C=O) groups is 1. The number of hydrogen-bond acceptors (Lipinski definition) is 3. The topological polar surface area (TPSA) is 38.8 Å². The largest absolute Gasteiger partial charge is 0.444 e. The van der Waals surface area contributed by atoms with Crippen LogP contribution in [0.1, 0.15) is 34.1 Å². The van der Waals surface area contributed by atoms with Crippen molar-refractivity contribution in [3.63, 3.8) is 0 Å². The summed E-state index contributed by atoms with van der Waals surface area (Å²) in [6.45, 7) is 8.33. The Bertz CT molecular complexity index is 234. The summed E-state index contributed by atoms with van der Waals surface area (Å²) < 4.78 is 10.6. The maximum Gasteiger partial charge on any atom is 0.410 e. The molecular formula is C11H21NO3. The van der Waals surface area contributed by atoms with Crippen LogP contribution in [0, 0.1) is 0 Å². The normalized spacial score (nSPS) is 26.9. The lowest BCUT2D eigenvalue weighted by Gasteiger charge is -2.28. The van der Waals surface area contributed by atoms with Gasteiger partial charge in [-0.2, -0.15) is 0 Å². The van der Waals surface area contributed by atoms with Crippen LogP contribution in [0.4, 0.5) is 4.79 Å². The molecule has 1 fully saturated rings. The molecule has 0 aromatic carbocycles. The van der Waals surface area contributed by atoms with Crippen LogP contribution in [0.5, 0.6) is 0 Å². The highest BCUT2D eigenvalue weighted by atomic mass is 16.6. The number of methoxy groups -OCH3 is 1. The van der Waals surface area contributed by atoms with Crippen LogP contribution < -0.4 is 0 Å². The third-order valence-electron chi connectivity index (χ3n) is 2.61. The number of likely N-dealkylation sites (tertiary alicyclic amines) is 1. The van der Waals surface area contributed by atoms with Crippen molar-refractivity contribution in [1.29, 1.82) is 0 Å². The number of ether oxygens (including phenoxy) is 2. The van der Waals surface area contributed by atoms with E-state index in [4.69, 9.17) is 9.47 Å². The molecule has 0 N–H and O–H groups in total. The van der Waals surface area contributed by atoms with Gasteiger partial charge in [0.15, 0.2) is 0 Å². The van der Waals surface area contributed by atoms with E-state index in [2.05, 4.69) is 0 Å². The smallest absolute Gasteiger partial charge is 0.410 e. The maximum absolute atomic E-state index is 11.8. The Labute approximate surface area is 91.5 Å². The fraction of sp³-hybridized carbons (Fsp3) is 0.909. The second-order valence-electron chi connectivity index (χ2n) is 4.98. The van der Waals surface area contributed by atoms with E-state index in [0.717, 1.165) is 6.42 Å². The van der Waals surface area contributed by atoms with Gasteiger partial charge in [0.2, 0.25) is 0 Å². The molecule has 0 aliphatic carbocycles. The van der Waals surface area contributed by atoms with Gasteiger partial charge < -0.3 is 14.4 Å². The fourth-order valence-electron chi connectivity index (χ4n) is 1.80. The average molecular weight is 215 g/mol. The Morgan fingerprint density at radius 2 is 2.00 bits per heavy atom. The molecule has 0 aromatic heterocycles. The first-order valence-corrected chi connectivity index (χ1v) is 5.37. The molecule has 0 aromatic rings. The van der Waals surface area contributed by atoms with Gasteiger partial charge in [0, 0.05) is 13.7 Å². The summed E-state index contributed by atoms with van der Waals surface area (Å²) in [4.78, 5) is 13.5. The monoisotopic (exact) mass is 215 g/mol. The number of carbonyl (C=O) groups excluding carboxylic acids is 1. The van der Waals surface area contributed by atoms with E-state index in [1.54, 1.807) is 12.0 Å². The van der Waals surface area contributed by atoms with Crippen LogP contribution in [0.2, 0.25) is 0 Å². The molecule has 1 aliphatic heterocycles. The molecule has 2 unspecified atom stereocenters. The molecule has 1 heterocycles. The highest BCUT2D eigenvalue weighted by molar-refractivity contribution is 5.69. The van der Waals surface area contributed by atoms with Gasteiger partial charge in [-0.3, -0.25) is 0 Å². The van der Waals surface area contributed by atoms with Gasteiger partial charge in [0.05, 0.1) is 12.1 Å². The van der Waals surface area contributed by atoms with E-state index in [9.17, 15) is 4.79 Å². The predicted molar refractivity (Wildman–Crippen MR) is 57.8 cm³/mol. The van der Waals surface area contributed by atoms with Crippen molar-refractivity contribution in [1.82, 2.24) is 4.90 Å². The van der Waals surface area contributed by atoms with E-state index in [1.165, 1.54) is 0 Å². The Balaban J connectivity index is 2.55. The number of rotatable bonds is 1. The minimum absolute atomic E-state index is 0.102. The van der Waals surface area contributed by atoms with Crippen molar-refractivity contribution >= 4 is 6.09 Å². The second-order valence-corrected chi connectivity index (χ2v) is 4.98. The van der Waals surface area contributed by atoms with Gasteiger partial charge in [0.25, 0.3) is 0 Å². The van der Waals surface area contributed by atoms with Gasteiger partial charge in [-0.05, 0) is 34.1 Å². The zero-order valence-corrected chi connectivity index (χ0v) is 10.2. The molecule has 0 spiro atoms. The molecule has 1 aliphatic rings. The Morgan fingerprint density at radius 1 is 1.40 bits per heavy atom. The third-order valence-corrected chi connectivity index (χ3v) is 2.61. The average Bonchev–Trinajstić information content (AvgIpc) is 2.43. The van der Waals surface area contributed by atoms with Crippen molar-refractivity contribution in [3.05, 3.63) is 0 Å². The van der Waals surface area contributed by atoms with Crippen molar-refractivity contribution in [2.45, 2.75) is 51.9 Å². The van der Waals surface area contributed by atoms with Crippen molar-refractivity contribution < 1.29 is 14.3 Å². The van der Waals surface area contributed by atoms with Crippen LogP contribution in [-0.4, -0.2) is 42.4 Å². The molecule has 4 heteroatoms. The van der Waals surface area contributed by atoms with Crippen LogP contribution in [0.15, 0.2) is 0 Å². The molecule has 0 bridgehead atoms. The van der Waals surface area contributed by atoms with Gasteiger partial charge in [-0.15, -0.1) is 0 Å². The molecule has 1 amide bonds. The van der Waals surface area contributed by atoms with Crippen LogP contribution >= 0.6 is 0 Å². The SMILES string of the molecule is COC1CCN(C(=O)OC(C)(C)C)C1C. The first-order valence-electron chi connectivity index (χ1n) is 5.37. The lowest BCUT2D eigenvalue weighted by Crippen LogP contribution is -2.41. The van der Waals surface area contributed by atoms with Crippen molar-refractivity contribution in [2.24, 2.45) is 0 Å². The molecule has 88 valence electrons. The summed E-state index contributed by atoms with van der Waals surface area (Å²) in [5.41, 5.74) is -0.429. The van der Waals surface area contributed by atoms with E-state index in [1.807, 2.05) is 27.7 Å². The fourth-order valence-corrected chi connectivity index (χ4v) is 1.80. The van der Waals surface area contributed by atoms with Gasteiger partial charge in [-0.25, -0.2) is 4.79 Å². The molecule has 1 rings (SSSR count). The lowest BCUT2D eigenvalue weighted by molar-refractivity contribution is 0.0134. The Morgan fingerprint density at radius 3 is 2.40 bits per heavy atom. The van der Waals surface area contributed by atoms with Crippen LogP contribution in [0.3, 0.4) is 0 Å². The third kappa shape index (κ3) is 3.09. The minimum atomic E-state index is -0.429. The van der Waals surface area contributed by atoms with E-state index < -0.39 is 5.60 Å². The van der Waals surface area contributed by atoms with Gasteiger partial charge in [0.1, 0.15) is 5.60 Å². The molecule has 0 radical (unpaired) electrons. The van der Waals surface area contributed by atoms with Crippen molar-refractivity contribution in [3.8, 4) is 0 Å². The van der Waals surface area contributed by atoms with E-state index in [0.29, 0.717) is 6.54 Å². The second kappa shape index (κ2) is 4.39. The summed E-state index contributed by atoms with van der Waals surface area (Å²) in [6.07, 6.45) is 0.781. The highest BCUT2D eigenvalue weighted by Crippen LogP contribution is 2.22. The molecule has 2 atom stereocenters. The summed E-state index contributed by atoms with van der Waals surface area (Å²) >= 11 is 0. The molecule has 0 saturated carbocycles. The zero-order valence-electron chi connectivity index (χ0n) is 10.2. The Kier molecular flexibility index (Phi) is 3.60. The number of amides is 1. The summed E-state index contributed by atoms with van der Waals surface area (Å²) in [7, 11) is 1.68. The summed E-state index contributed by atoms with van der Waals surface area (Å²) in [5.74, 6) is 0. The first-order chi connectivity index (χ1) is 6.85. The van der Waals surface area contributed by atoms with Crippen molar-refractivity contribution in [2.75, 3.05) is 13.7 Å². The minimum Gasteiger partial charge on any atom is -0.444 e. The highest BCUT2D eigenvalue weighted by Gasteiger charge is 2.36. The zero-order chi connectivity index (χ0) is 11.6. The number of hydrogen-bond donors (Lipinski definition) is 0. The molecule has 15 heavy (non-hydrogen) atoms. The molecule has 1 saturated heterocycles. The van der Waals surface area contributed by atoms with Gasteiger partial charge in [-0.1, -0.05) is 0 Å². The van der Waals surface area contributed by atoms with Crippen LogP contribution in [0.25, 0.3) is 0 Å². The van der Waals surface area contributed by atoms with E-state index >= 15 is 0 Å². The standard InChI is InChI=1S/C11H21NO3/c1-8-9(14-5)6-7-12(8)10(13)15-11(2,3)4/h8-9H,6-7H2,1-5H3. The summed E-state index contributed by atoms with van der Waals surface area (Å²) in [6, 6.07) is 0.102. The molecular weight excluding hydrogens is 194 g/mol. The predicted octanol–water partition coefficient (Wildman–Crippen LogP) is 2.03. The lowest BCUT2D eigenvalue weighted by atomic mass is 10.2. The molecule has 4 nitrogen and oxygen atoms in total. The maximum atomic E-state index is 11.8. The van der Waals surface area contributed by atoms with Crippen LogP contribution in [-0.2, 0) is 9.47 Å². The first kappa shape index (κ1) is 12.3.